The number of benzene rings is 2. The highest BCUT2D eigenvalue weighted by molar-refractivity contribution is 5.89. The van der Waals surface area contributed by atoms with E-state index in [4.69, 9.17) is 15.6 Å². The zero-order chi connectivity index (χ0) is 27.8. The molecule has 1 heterocycles. The van der Waals surface area contributed by atoms with E-state index < -0.39 is 17.8 Å². The van der Waals surface area contributed by atoms with Gasteiger partial charge in [0, 0.05) is 38.6 Å². The molecule has 210 valence electrons. The highest BCUT2D eigenvalue weighted by atomic mass is 19.1. The summed E-state index contributed by atoms with van der Waals surface area (Å²) >= 11 is 0. The van der Waals surface area contributed by atoms with E-state index in [1.165, 1.54) is 24.3 Å². The zero-order valence-corrected chi connectivity index (χ0v) is 22.1. The van der Waals surface area contributed by atoms with Gasteiger partial charge in [-0.3, -0.25) is 14.5 Å². The van der Waals surface area contributed by atoms with Crippen LogP contribution in [0.2, 0.25) is 0 Å². The first-order valence-electron chi connectivity index (χ1n) is 13.5. The van der Waals surface area contributed by atoms with Gasteiger partial charge in [0.1, 0.15) is 18.5 Å². The van der Waals surface area contributed by atoms with Crippen LogP contribution in [0.3, 0.4) is 0 Å². The van der Waals surface area contributed by atoms with Crippen molar-refractivity contribution in [3.63, 3.8) is 0 Å². The van der Waals surface area contributed by atoms with Gasteiger partial charge in [0.2, 0.25) is 11.8 Å². The van der Waals surface area contributed by atoms with Gasteiger partial charge < -0.3 is 25.8 Å². The molecule has 0 aromatic heterocycles. The summed E-state index contributed by atoms with van der Waals surface area (Å²) in [5, 5.41) is 11.9. The minimum absolute atomic E-state index is 0.0210. The number of aliphatic hydroxyl groups is 1. The van der Waals surface area contributed by atoms with Gasteiger partial charge in [-0.25, -0.2) is 9.18 Å². The number of β-amino-alcohol motifs (C(OH)–C–C–N with tert-alkyl or cyclic N) is 1. The Labute approximate surface area is 228 Å². The number of piperazine rings is 1. The third-order valence-corrected chi connectivity index (χ3v) is 7.69. The van der Waals surface area contributed by atoms with E-state index in [0.29, 0.717) is 44.7 Å². The van der Waals surface area contributed by atoms with Crippen molar-refractivity contribution in [1.29, 1.82) is 0 Å². The molecule has 9 nitrogen and oxygen atoms in total. The summed E-state index contributed by atoms with van der Waals surface area (Å²) < 4.78 is 18.9. The van der Waals surface area contributed by atoms with Crippen LogP contribution >= 0.6 is 0 Å². The standard InChI is InChI=1S/C29H37FN4O5/c30-23-11-9-22(10-12-23)26(27(31)36)32-28(37)25-4-2-1-3-24(25)21-7-5-20(6-8-21)19-39-29(38)34-15-13-33(14-16-34)17-18-35/h5-12,24-26,35H,1-4,13-19H2,(H2,31,36)(H,32,37)/t24?,25-,26?/m1/s1. The molecule has 3 atom stereocenters. The average molecular weight is 541 g/mol. The molecule has 3 amide bonds. The van der Waals surface area contributed by atoms with Crippen LogP contribution in [0.5, 0.6) is 0 Å². The monoisotopic (exact) mass is 540 g/mol. The predicted octanol–water partition coefficient (Wildman–Crippen LogP) is 2.69. The molecule has 2 unspecified atom stereocenters. The van der Waals surface area contributed by atoms with Gasteiger partial charge in [-0.15, -0.1) is 0 Å². The molecule has 0 bridgehead atoms. The van der Waals surface area contributed by atoms with Crippen molar-refractivity contribution >= 4 is 17.9 Å². The van der Waals surface area contributed by atoms with Gasteiger partial charge in [0.25, 0.3) is 0 Å². The predicted molar refractivity (Wildman–Crippen MR) is 143 cm³/mol. The summed E-state index contributed by atoms with van der Waals surface area (Å²) in [6.07, 6.45) is 3.09. The van der Waals surface area contributed by atoms with Crippen molar-refractivity contribution in [1.82, 2.24) is 15.1 Å². The minimum atomic E-state index is -1.03. The SMILES string of the molecule is NC(=O)C(NC(=O)[C@@H]1CCCCC1c1ccc(COC(=O)N2CCN(CCO)CC2)cc1)c1ccc(F)cc1. The van der Waals surface area contributed by atoms with Crippen molar-refractivity contribution in [2.45, 2.75) is 44.2 Å². The molecular formula is C29H37FN4O5. The molecule has 39 heavy (non-hydrogen) atoms. The molecule has 10 heteroatoms. The fourth-order valence-corrected chi connectivity index (χ4v) is 5.46. The number of primary amides is 1. The molecule has 2 fully saturated rings. The molecule has 0 spiro atoms. The number of carbonyl (C=O) groups is 3. The lowest BCUT2D eigenvalue weighted by atomic mass is 9.74. The molecular weight excluding hydrogens is 503 g/mol. The van der Waals surface area contributed by atoms with E-state index in [-0.39, 0.29) is 37.0 Å². The van der Waals surface area contributed by atoms with Gasteiger partial charge in [0.05, 0.1) is 6.61 Å². The number of ether oxygens (including phenoxy) is 1. The summed E-state index contributed by atoms with van der Waals surface area (Å²) in [5.41, 5.74) is 7.88. The smallest absolute Gasteiger partial charge is 0.410 e. The number of hydrogen-bond donors (Lipinski definition) is 3. The first kappa shape index (κ1) is 28.5. The molecule has 1 aliphatic carbocycles. The maximum atomic E-state index is 13.3. The van der Waals surface area contributed by atoms with E-state index in [0.717, 1.165) is 30.4 Å². The molecule has 4 N–H and O–H groups in total. The molecule has 1 saturated carbocycles. The highest BCUT2D eigenvalue weighted by Crippen LogP contribution is 2.38. The quantitative estimate of drug-likeness (QED) is 0.449. The number of halogens is 1. The van der Waals surface area contributed by atoms with E-state index in [9.17, 15) is 18.8 Å². The Morgan fingerprint density at radius 3 is 2.31 bits per heavy atom. The second-order valence-electron chi connectivity index (χ2n) is 10.2. The number of hydrogen-bond acceptors (Lipinski definition) is 6. The highest BCUT2D eigenvalue weighted by Gasteiger charge is 2.34. The fourth-order valence-electron chi connectivity index (χ4n) is 5.46. The molecule has 2 aromatic carbocycles. The Morgan fingerprint density at radius 1 is 1.00 bits per heavy atom. The average Bonchev–Trinajstić information content (AvgIpc) is 2.96. The van der Waals surface area contributed by atoms with E-state index in [1.54, 1.807) is 4.90 Å². The van der Waals surface area contributed by atoms with Gasteiger partial charge in [-0.2, -0.15) is 0 Å². The molecule has 4 rings (SSSR count). The number of carbonyl (C=O) groups excluding carboxylic acids is 3. The second kappa shape index (κ2) is 13.5. The third-order valence-electron chi connectivity index (χ3n) is 7.69. The number of nitrogens with zero attached hydrogens (tertiary/aromatic N) is 2. The van der Waals surface area contributed by atoms with Crippen LogP contribution in [0, 0.1) is 11.7 Å². The number of aliphatic hydroxyl groups excluding tert-OH is 1. The maximum Gasteiger partial charge on any atom is 0.410 e. The number of nitrogens with two attached hydrogens (primary N) is 1. The number of nitrogens with one attached hydrogen (secondary N) is 1. The first-order valence-corrected chi connectivity index (χ1v) is 13.5. The van der Waals surface area contributed by atoms with E-state index in [1.807, 2.05) is 24.3 Å². The van der Waals surface area contributed by atoms with Crippen molar-refractivity contribution < 1.29 is 28.6 Å². The zero-order valence-electron chi connectivity index (χ0n) is 22.1. The Bertz CT molecular complexity index is 1120. The number of amides is 3. The minimum Gasteiger partial charge on any atom is -0.445 e. The van der Waals surface area contributed by atoms with Crippen LogP contribution in [0.4, 0.5) is 9.18 Å². The largest absolute Gasteiger partial charge is 0.445 e. The first-order chi connectivity index (χ1) is 18.9. The lowest BCUT2D eigenvalue weighted by Gasteiger charge is -2.33. The molecule has 2 aliphatic rings. The number of rotatable bonds is 9. The Morgan fingerprint density at radius 2 is 1.67 bits per heavy atom. The van der Waals surface area contributed by atoms with Crippen LogP contribution < -0.4 is 11.1 Å². The summed E-state index contributed by atoms with van der Waals surface area (Å²) in [6, 6.07) is 12.1. The van der Waals surface area contributed by atoms with Crippen molar-refractivity contribution in [3.05, 3.63) is 71.0 Å². The summed E-state index contributed by atoms with van der Waals surface area (Å²) in [5.74, 6) is -1.73. The molecule has 2 aromatic rings. The Balaban J connectivity index is 1.34. The van der Waals surface area contributed by atoms with Crippen LogP contribution in [0.15, 0.2) is 48.5 Å². The van der Waals surface area contributed by atoms with Crippen LogP contribution in [-0.4, -0.2) is 72.1 Å². The molecule has 1 saturated heterocycles. The van der Waals surface area contributed by atoms with E-state index >= 15 is 0 Å². The van der Waals surface area contributed by atoms with Crippen LogP contribution in [0.25, 0.3) is 0 Å². The second-order valence-corrected chi connectivity index (χ2v) is 10.2. The van der Waals surface area contributed by atoms with Crippen LogP contribution in [-0.2, 0) is 20.9 Å². The summed E-state index contributed by atoms with van der Waals surface area (Å²) in [6.45, 7) is 3.44. The van der Waals surface area contributed by atoms with Crippen molar-refractivity contribution in [3.8, 4) is 0 Å². The van der Waals surface area contributed by atoms with Gasteiger partial charge in [-0.05, 0) is 47.6 Å². The van der Waals surface area contributed by atoms with Gasteiger partial charge >= 0.3 is 6.09 Å². The molecule has 0 radical (unpaired) electrons. The lowest BCUT2D eigenvalue weighted by molar-refractivity contribution is -0.131. The maximum absolute atomic E-state index is 13.3. The normalized spacial score (nSPS) is 20.7. The topological polar surface area (TPSA) is 125 Å². The van der Waals surface area contributed by atoms with Crippen molar-refractivity contribution in [2.75, 3.05) is 39.3 Å². The van der Waals surface area contributed by atoms with Crippen LogP contribution in [0.1, 0.15) is 54.3 Å². The third kappa shape index (κ3) is 7.54. The van der Waals surface area contributed by atoms with Crippen molar-refractivity contribution in [2.24, 2.45) is 11.7 Å². The summed E-state index contributed by atoms with van der Waals surface area (Å²) in [7, 11) is 0. The van der Waals surface area contributed by atoms with E-state index in [2.05, 4.69) is 10.2 Å². The Kier molecular flexibility index (Phi) is 9.89. The molecule has 1 aliphatic heterocycles. The lowest BCUT2D eigenvalue weighted by Crippen LogP contribution is -2.49. The van der Waals surface area contributed by atoms with Gasteiger partial charge in [0.15, 0.2) is 0 Å². The Hall–Kier alpha value is -3.50. The summed E-state index contributed by atoms with van der Waals surface area (Å²) in [4.78, 5) is 41.7. The fraction of sp³-hybridized carbons (Fsp3) is 0.483. The van der Waals surface area contributed by atoms with Gasteiger partial charge in [-0.1, -0.05) is 49.2 Å².